The van der Waals surface area contributed by atoms with E-state index in [-0.39, 0.29) is 0 Å². The van der Waals surface area contributed by atoms with Crippen molar-refractivity contribution in [3.8, 4) is 0 Å². The Bertz CT molecular complexity index is 419. The summed E-state index contributed by atoms with van der Waals surface area (Å²) in [4.78, 5) is 12.9. The van der Waals surface area contributed by atoms with Crippen molar-refractivity contribution in [2.75, 3.05) is 0 Å². The van der Waals surface area contributed by atoms with Crippen LogP contribution in [0, 0.1) is 13.8 Å². The molecule has 5 heteroatoms. The van der Waals surface area contributed by atoms with Crippen LogP contribution in [0.15, 0.2) is 12.4 Å². The number of hydrogen-bond acceptors (Lipinski definition) is 4. The lowest BCUT2D eigenvalue weighted by molar-refractivity contribution is 0.657. The maximum atomic E-state index is 4.45. The Balaban J connectivity index is 1.86. The fourth-order valence-electron chi connectivity index (χ4n) is 1.43. The van der Waals surface area contributed by atoms with E-state index >= 15 is 0 Å². The van der Waals surface area contributed by atoms with E-state index < -0.39 is 0 Å². The van der Waals surface area contributed by atoms with E-state index in [0.29, 0.717) is 0 Å². The minimum Gasteiger partial charge on any atom is -0.348 e. The average molecular weight is 222 g/mol. The van der Waals surface area contributed by atoms with Crippen molar-refractivity contribution in [1.82, 2.24) is 20.3 Å². The number of nitrogens with one attached hydrogen (secondary N) is 2. The number of aryl methyl sites for hydroxylation is 2. The van der Waals surface area contributed by atoms with E-state index in [9.17, 15) is 0 Å². The van der Waals surface area contributed by atoms with Crippen LogP contribution in [0.5, 0.6) is 0 Å². The predicted molar refractivity (Wildman–Crippen MR) is 60.7 cm³/mol. The molecule has 0 saturated carbocycles. The van der Waals surface area contributed by atoms with Crippen LogP contribution in [0.2, 0.25) is 0 Å². The monoisotopic (exact) mass is 222 g/mol. The minimum absolute atomic E-state index is 0.753. The SMILES string of the molecule is Cc1nc(CNCc2ncc[nH]2)c(C)s1. The van der Waals surface area contributed by atoms with Crippen LogP contribution >= 0.6 is 11.3 Å². The van der Waals surface area contributed by atoms with Crippen molar-refractivity contribution < 1.29 is 0 Å². The summed E-state index contributed by atoms with van der Waals surface area (Å²) in [5.41, 5.74) is 1.14. The average Bonchev–Trinajstić information content (AvgIpc) is 2.77. The highest BCUT2D eigenvalue weighted by atomic mass is 32.1. The number of rotatable bonds is 4. The fourth-order valence-corrected chi connectivity index (χ4v) is 2.26. The van der Waals surface area contributed by atoms with Crippen LogP contribution in [0.4, 0.5) is 0 Å². The third-order valence-corrected chi connectivity index (χ3v) is 3.07. The van der Waals surface area contributed by atoms with Gasteiger partial charge in [-0.25, -0.2) is 9.97 Å². The number of nitrogens with zero attached hydrogens (tertiary/aromatic N) is 2. The number of aromatic nitrogens is 3. The van der Waals surface area contributed by atoms with Gasteiger partial charge in [-0.05, 0) is 13.8 Å². The van der Waals surface area contributed by atoms with E-state index in [2.05, 4.69) is 27.2 Å². The van der Waals surface area contributed by atoms with Gasteiger partial charge in [-0.3, -0.25) is 0 Å². The summed E-state index contributed by atoms with van der Waals surface area (Å²) in [7, 11) is 0. The van der Waals surface area contributed by atoms with Crippen molar-refractivity contribution in [3.05, 3.63) is 33.8 Å². The molecule has 0 aromatic carbocycles. The summed E-state index contributed by atoms with van der Waals surface area (Å²) >= 11 is 1.74. The highest BCUT2D eigenvalue weighted by Crippen LogP contribution is 2.15. The van der Waals surface area contributed by atoms with Crippen molar-refractivity contribution in [1.29, 1.82) is 0 Å². The second-order valence-electron chi connectivity index (χ2n) is 3.38. The van der Waals surface area contributed by atoms with Gasteiger partial charge in [0, 0.05) is 23.8 Å². The first kappa shape index (κ1) is 10.3. The van der Waals surface area contributed by atoms with E-state index in [1.54, 1.807) is 17.5 Å². The Labute approximate surface area is 92.8 Å². The van der Waals surface area contributed by atoms with Crippen LogP contribution in [-0.4, -0.2) is 15.0 Å². The third-order valence-electron chi connectivity index (χ3n) is 2.14. The molecule has 80 valence electrons. The van der Waals surface area contributed by atoms with Gasteiger partial charge in [-0.2, -0.15) is 0 Å². The van der Waals surface area contributed by atoms with Crippen LogP contribution in [0.25, 0.3) is 0 Å². The van der Waals surface area contributed by atoms with Gasteiger partial charge in [0.1, 0.15) is 5.82 Å². The molecule has 2 rings (SSSR count). The first-order valence-electron chi connectivity index (χ1n) is 4.87. The highest BCUT2D eigenvalue weighted by Gasteiger charge is 2.04. The number of aromatic amines is 1. The standard InChI is InChI=1S/C10H14N4S/c1-7-9(14-8(2)15-7)5-11-6-10-12-3-4-13-10/h3-4,11H,5-6H2,1-2H3,(H,12,13). The van der Waals surface area contributed by atoms with Crippen molar-refractivity contribution in [2.45, 2.75) is 26.9 Å². The van der Waals surface area contributed by atoms with Gasteiger partial charge in [0.05, 0.1) is 17.2 Å². The van der Waals surface area contributed by atoms with E-state index in [1.165, 1.54) is 4.88 Å². The largest absolute Gasteiger partial charge is 0.348 e. The Morgan fingerprint density at radius 2 is 2.27 bits per heavy atom. The van der Waals surface area contributed by atoms with Crippen LogP contribution < -0.4 is 5.32 Å². The van der Waals surface area contributed by atoms with Crippen LogP contribution in [0.3, 0.4) is 0 Å². The lowest BCUT2D eigenvalue weighted by Crippen LogP contribution is -2.14. The Morgan fingerprint density at radius 1 is 1.40 bits per heavy atom. The van der Waals surface area contributed by atoms with Gasteiger partial charge in [-0.1, -0.05) is 0 Å². The first-order valence-corrected chi connectivity index (χ1v) is 5.69. The maximum absolute atomic E-state index is 4.45. The van der Waals surface area contributed by atoms with Gasteiger partial charge in [0.25, 0.3) is 0 Å². The Morgan fingerprint density at radius 3 is 2.87 bits per heavy atom. The molecule has 0 atom stereocenters. The molecular weight excluding hydrogens is 208 g/mol. The zero-order valence-corrected chi connectivity index (χ0v) is 9.69. The zero-order chi connectivity index (χ0) is 10.7. The summed E-state index contributed by atoms with van der Waals surface area (Å²) < 4.78 is 0. The molecule has 2 aromatic heterocycles. The molecule has 0 unspecified atom stereocenters. The summed E-state index contributed by atoms with van der Waals surface area (Å²) in [5, 5.41) is 4.44. The minimum atomic E-state index is 0.753. The molecule has 0 amide bonds. The number of imidazole rings is 1. The second kappa shape index (κ2) is 4.55. The fraction of sp³-hybridized carbons (Fsp3) is 0.400. The van der Waals surface area contributed by atoms with Crippen LogP contribution in [0.1, 0.15) is 21.4 Å². The van der Waals surface area contributed by atoms with Crippen LogP contribution in [-0.2, 0) is 13.1 Å². The Kier molecular flexibility index (Phi) is 3.13. The van der Waals surface area contributed by atoms with Gasteiger partial charge < -0.3 is 10.3 Å². The molecule has 0 spiro atoms. The topological polar surface area (TPSA) is 53.6 Å². The van der Waals surface area contributed by atoms with Crippen molar-refractivity contribution in [2.24, 2.45) is 0 Å². The molecular formula is C10H14N4S. The lowest BCUT2D eigenvalue weighted by atomic mass is 10.4. The van der Waals surface area contributed by atoms with Gasteiger partial charge in [0.2, 0.25) is 0 Å². The van der Waals surface area contributed by atoms with Gasteiger partial charge >= 0.3 is 0 Å². The molecule has 0 aliphatic heterocycles. The van der Waals surface area contributed by atoms with E-state index in [1.807, 2.05) is 13.1 Å². The molecule has 0 bridgehead atoms. The predicted octanol–water partition coefficient (Wildman–Crippen LogP) is 1.77. The molecule has 0 saturated heterocycles. The van der Waals surface area contributed by atoms with Crippen molar-refractivity contribution in [3.63, 3.8) is 0 Å². The normalized spacial score (nSPS) is 10.8. The maximum Gasteiger partial charge on any atom is 0.120 e. The summed E-state index contributed by atoms with van der Waals surface area (Å²) in [6.45, 7) is 5.70. The molecule has 4 nitrogen and oxygen atoms in total. The molecule has 0 aliphatic carbocycles. The number of H-pyrrole nitrogens is 1. The highest BCUT2D eigenvalue weighted by molar-refractivity contribution is 7.11. The molecule has 2 heterocycles. The van der Waals surface area contributed by atoms with Gasteiger partial charge in [-0.15, -0.1) is 11.3 Å². The molecule has 0 aliphatic rings. The van der Waals surface area contributed by atoms with E-state index in [0.717, 1.165) is 29.6 Å². The molecule has 0 radical (unpaired) electrons. The molecule has 15 heavy (non-hydrogen) atoms. The van der Waals surface area contributed by atoms with E-state index in [4.69, 9.17) is 0 Å². The summed E-state index contributed by atoms with van der Waals surface area (Å²) in [6.07, 6.45) is 3.59. The molecule has 2 N–H and O–H groups in total. The Hall–Kier alpha value is -1.20. The molecule has 2 aromatic rings. The summed E-state index contributed by atoms with van der Waals surface area (Å²) in [6, 6.07) is 0. The second-order valence-corrected chi connectivity index (χ2v) is 4.78. The summed E-state index contributed by atoms with van der Waals surface area (Å²) in [5.74, 6) is 0.958. The quantitative estimate of drug-likeness (QED) is 0.829. The smallest absolute Gasteiger partial charge is 0.120 e. The number of thiazole rings is 1. The zero-order valence-electron chi connectivity index (χ0n) is 8.87. The first-order chi connectivity index (χ1) is 7.25. The van der Waals surface area contributed by atoms with Crippen molar-refractivity contribution >= 4 is 11.3 Å². The molecule has 0 fully saturated rings. The lowest BCUT2D eigenvalue weighted by Gasteiger charge is -2.00. The third kappa shape index (κ3) is 2.64. The number of hydrogen-bond donors (Lipinski definition) is 2. The van der Waals surface area contributed by atoms with Gasteiger partial charge in [0.15, 0.2) is 0 Å².